The zero-order valence-electron chi connectivity index (χ0n) is 16.8. The first-order valence-corrected chi connectivity index (χ1v) is 12.3. The third-order valence-electron chi connectivity index (χ3n) is 4.75. The van der Waals surface area contributed by atoms with E-state index in [2.05, 4.69) is 10.3 Å². The van der Waals surface area contributed by atoms with E-state index in [0.29, 0.717) is 18.1 Å². The van der Waals surface area contributed by atoms with Gasteiger partial charge >= 0.3 is 5.97 Å². The molecule has 1 saturated heterocycles. The third kappa shape index (κ3) is 6.11. The lowest BCUT2D eigenvalue weighted by Crippen LogP contribution is -2.32. The first kappa shape index (κ1) is 24.7. The number of nitrogens with one attached hydrogen (secondary N) is 1. The van der Waals surface area contributed by atoms with Gasteiger partial charge in [-0.25, -0.2) is 18.2 Å². The van der Waals surface area contributed by atoms with Gasteiger partial charge in [-0.15, -0.1) is 0 Å². The summed E-state index contributed by atoms with van der Waals surface area (Å²) in [6.07, 6.45) is 4.76. The molecule has 2 aromatic rings. The second-order valence-corrected chi connectivity index (χ2v) is 10.2. The molecule has 1 N–H and O–H groups in total. The minimum Gasteiger partial charge on any atom is -0.452 e. The van der Waals surface area contributed by atoms with Gasteiger partial charge in [-0.1, -0.05) is 47.6 Å². The van der Waals surface area contributed by atoms with Gasteiger partial charge in [-0.3, -0.25) is 4.79 Å². The minimum atomic E-state index is -3.87. The Labute approximate surface area is 200 Å². The number of sulfonamides is 1. The van der Waals surface area contributed by atoms with E-state index in [9.17, 15) is 18.0 Å². The van der Waals surface area contributed by atoms with Gasteiger partial charge in [0, 0.05) is 19.3 Å². The number of rotatable bonds is 6. The predicted octanol–water partition coefficient (Wildman–Crippen LogP) is 4.40. The Hall–Kier alpha value is -1.91. The van der Waals surface area contributed by atoms with E-state index >= 15 is 0 Å². The molecule has 8 nitrogen and oxygen atoms in total. The Morgan fingerprint density at radius 2 is 1.72 bits per heavy atom. The van der Waals surface area contributed by atoms with Crippen LogP contribution in [0.5, 0.6) is 0 Å². The summed E-state index contributed by atoms with van der Waals surface area (Å²) in [7, 11) is -3.87. The van der Waals surface area contributed by atoms with E-state index in [4.69, 9.17) is 39.5 Å². The van der Waals surface area contributed by atoms with Crippen LogP contribution in [-0.2, 0) is 19.6 Å². The van der Waals surface area contributed by atoms with Crippen molar-refractivity contribution < 1.29 is 22.7 Å². The van der Waals surface area contributed by atoms with Crippen molar-refractivity contribution in [2.75, 3.05) is 25.0 Å². The number of pyridine rings is 1. The second-order valence-electron chi connectivity index (χ2n) is 7.07. The van der Waals surface area contributed by atoms with Crippen LogP contribution < -0.4 is 5.32 Å². The number of aromatic nitrogens is 1. The van der Waals surface area contributed by atoms with Crippen molar-refractivity contribution in [1.29, 1.82) is 0 Å². The van der Waals surface area contributed by atoms with E-state index in [1.165, 1.54) is 34.8 Å². The largest absolute Gasteiger partial charge is 0.452 e. The van der Waals surface area contributed by atoms with Crippen molar-refractivity contribution in [3.8, 4) is 0 Å². The molecule has 32 heavy (non-hydrogen) atoms. The summed E-state index contributed by atoms with van der Waals surface area (Å²) in [5, 5.41) is 2.83. The summed E-state index contributed by atoms with van der Waals surface area (Å²) in [6.45, 7) is 0.167. The second kappa shape index (κ2) is 10.8. The highest BCUT2D eigenvalue weighted by Crippen LogP contribution is 2.28. The number of hydrogen-bond acceptors (Lipinski definition) is 6. The van der Waals surface area contributed by atoms with Crippen molar-refractivity contribution in [2.45, 2.75) is 30.6 Å². The molecule has 0 atom stereocenters. The molecule has 0 saturated carbocycles. The zero-order valence-corrected chi connectivity index (χ0v) is 19.9. The average Bonchev–Trinajstić information content (AvgIpc) is 3.04. The van der Waals surface area contributed by atoms with E-state index < -0.39 is 28.5 Å². The maximum Gasteiger partial charge on any atom is 0.338 e. The fraction of sp³-hybridized carbons (Fsp3) is 0.350. The first-order valence-electron chi connectivity index (χ1n) is 9.76. The topological polar surface area (TPSA) is 106 Å². The van der Waals surface area contributed by atoms with Crippen LogP contribution in [0.25, 0.3) is 0 Å². The van der Waals surface area contributed by atoms with Gasteiger partial charge in [0.05, 0.1) is 20.6 Å². The number of carbonyl (C=O) groups excluding carboxylic acids is 2. The molecule has 1 fully saturated rings. The molecule has 3 rings (SSSR count). The third-order valence-corrected chi connectivity index (χ3v) is 7.62. The molecule has 0 bridgehead atoms. The highest BCUT2D eigenvalue weighted by Gasteiger charge is 2.28. The number of benzene rings is 1. The van der Waals surface area contributed by atoms with Gasteiger partial charge in [-0.2, -0.15) is 4.31 Å². The van der Waals surface area contributed by atoms with Crippen LogP contribution in [0, 0.1) is 0 Å². The summed E-state index contributed by atoms with van der Waals surface area (Å²) in [4.78, 5) is 28.2. The number of anilines is 1. The van der Waals surface area contributed by atoms with Gasteiger partial charge in [0.1, 0.15) is 4.90 Å². The van der Waals surface area contributed by atoms with E-state index in [1.54, 1.807) is 0 Å². The standard InChI is InChI=1S/C20H20Cl3N3O5S/c21-14-10-16(23)19(24-11-14)25-18(27)12-31-20(28)13-5-6-15(22)17(9-13)32(29,30)26-7-3-1-2-4-8-26/h5-6,9-11H,1-4,7-8,12H2,(H,24,25,27). The van der Waals surface area contributed by atoms with Crippen molar-refractivity contribution in [1.82, 2.24) is 9.29 Å². The molecular formula is C20H20Cl3N3O5S. The molecule has 1 aliphatic rings. The maximum absolute atomic E-state index is 13.1. The SMILES string of the molecule is O=C(COC(=O)c1ccc(Cl)c(S(=O)(=O)N2CCCCCC2)c1)Nc1ncc(Cl)cc1Cl. The fourth-order valence-electron chi connectivity index (χ4n) is 3.14. The molecule has 172 valence electrons. The molecule has 0 radical (unpaired) electrons. The van der Waals surface area contributed by atoms with E-state index in [0.717, 1.165) is 25.7 Å². The van der Waals surface area contributed by atoms with Crippen LogP contribution in [0.3, 0.4) is 0 Å². The summed E-state index contributed by atoms with van der Waals surface area (Å²) in [5.41, 5.74) is -0.0433. The van der Waals surface area contributed by atoms with Crippen LogP contribution in [0.1, 0.15) is 36.0 Å². The summed E-state index contributed by atoms with van der Waals surface area (Å²) in [6, 6.07) is 5.22. The average molecular weight is 521 g/mol. The van der Waals surface area contributed by atoms with Crippen molar-refractivity contribution in [3.63, 3.8) is 0 Å². The minimum absolute atomic E-state index is 0.00648. The van der Waals surface area contributed by atoms with E-state index in [1.807, 2.05) is 0 Å². The molecule has 0 unspecified atom stereocenters. The van der Waals surface area contributed by atoms with Crippen molar-refractivity contribution >= 4 is 62.5 Å². The molecule has 1 aliphatic heterocycles. The Balaban J connectivity index is 1.68. The summed E-state index contributed by atoms with van der Waals surface area (Å²) >= 11 is 17.8. The lowest BCUT2D eigenvalue weighted by Gasteiger charge is -2.21. The molecule has 1 aromatic heterocycles. The molecule has 12 heteroatoms. The number of halogens is 3. The van der Waals surface area contributed by atoms with Gasteiger partial charge in [-0.05, 0) is 37.1 Å². The number of amides is 1. The van der Waals surface area contributed by atoms with Gasteiger partial charge < -0.3 is 10.1 Å². The van der Waals surface area contributed by atoms with Crippen LogP contribution >= 0.6 is 34.8 Å². The van der Waals surface area contributed by atoms with Crippen molar-refractivity contribution in [3.05, 3.63) is 51.1 Å². The fourth-order valence-corrected chi connectivity index (χ4v) is 5.58. The lowest BCUT2D eigenvalue weighted by molar-refractivity contribution is -0.119. The molecule has 0 spiro atoms. The zero-order chi connectivity index (χ0) is 23.3. The Bertz CT molecular complexity index is 1120. The highest BCUT2D eigenvalue weighted by atomic mass is 35.5. The molecule has 2 heterocycles. The van der Waals surface area contributed by atoms with E-state index in [-0.39, 0.29) is 26.3 Å². The van der Waals surface area contributed by atoms with Crippen LogP contribution in [0.4, 0.5) is 5.82 Å². The quantitative estimate of drug-likeness (QED) is 0.566. The van der Waals surface area contributed by atoms with Gasteiger partial charge in [0.15, 0.2) is 12.4 Å². The number of esters is 1. The number of nitrogens with zero attached hydrogens (tertiary/aromatic N) is 2. The van der Waals surface area contributed by atoms with Gasteiger partial charge in [0.2, 0.25) is 10.0 Å². The highest BCUT2D eigenvalue weighted by molar-refractivity contribution is 7.89. The monoisotopic (exact) mass is 519 g/mol. The lowest BCUT2D eigenvalue weighted by atomic mass is 10.2. The van der Waals surface area contributed by atoms with Crippen LogP contribution in [0.15, 0.2) is 35.4 Å². The number of hydrogen-bond donors (Lipinski definition) is 1. The molecule has 1 amide bonds. The van der Waals surface area contributed by atoms with Crippen molar-refractivity contribution in [2.24, 2.45) is 0 Å². The van der Waals surface area contributed by atoms with Crippen LogP contribution in [-0.4, -0.2) is 49.3 Å². The molecule has 0 aliphatic carbocycles. The van der Waals surface area contributed by atoms with Gasteiger partial charge in [0.25, 0.3) is 5.91 Å². The molecular weight excluding hydrogens is 501 g/mol. The summed E-state index contributed by atoms with van der Waals surface area (Å²) in [5.74, 6) is -1.49. The predicted molar refractivity (Wildman–Crippen MR) is 122 cm³/mol. The smallest absolute Gasteiger partial charge is 0.338 e. The Morgan fingerprint density at radius 1 is 1.03 bits per heavy atom. The maximum atomic E-state index is 13.1. The Kier molecular flexibility index (Phi) is 8.35. The Morgan fingerprint density at radius 3 is 2.38 bits per heavy atom. The number of ether oxygens (including phenoxy) is 1. The normalized spacial score (nSPS) is 15.1. The molecule has 1 aromatic carbocycles. The van der Waals surface area contributed by atoms with Crippen LogP contribution in [0.2, 0.25) is 15.1 Å². The number of carbonyl (C=O) groups is 2. The first-order chi connectivity index (χ1) is 15.2. The summed E-state index contributed by atoms with van der Waals surface area (Å²) < 4.78 is 32.5.